The summed E-state index contributed by atoms with van der Waals surface area (Å²) < 4.78 is 26.2. The van der Waals surface area contributed by atoms with Gasteiger partial charge in [0, 0.05) is 10.6 Å². The van der Waals surface area contributed by atoms with Crippen molar-refractivity contribution in [2.75, 3.05) is 0 Å². The average Bonchev–Trinajstić information content (AvgIpc) is 3.15. The van der Waals surface area contributed by atoms with E-state index in [1.54, 1.807) is 18.2 Å². The molecule has 4 rings (SSSR count). The highest BCUT2D eigenvalue weighted by molar-refractivity contribution is 7.91. The summed E-state index contributed by atoms with van der Waals surface area (Å²) in [6.07, 6.45) is 0. The monoisotopic (exact) mass is 497 g/mol. The Kier molecular flexibility index (Phi) is 5.77. The number of rotatable bonds is 3. The molecule has 1 aromatic heterocycles. The van der Waals surface area contributed by atoms with Crippen molar-refractivity contribution in [2.45, 2.75) is 62.2 Å². The van der Waals surface area contributed by atoms with E-state index in [4.69, 9.17) is 11.6 Å². The summed E-state index contributed by atoms with van der Waals surface area (Å²) in [7, 11) is -3.75. The van der Waals surface area contributed by atoms with Crippen molar-refractivity contribution in [3.8, 4) is 11.4 Å². The van der Waals surface area contributed by atoms with E-state index >= 15 is 0 Å². The molecule has 6 nitrogen and oxygen atoms in total. The number of hydrogen-bond donors (Lipinski definition) is 1. The Bertz CT molecular complexity index is 1490. The van der Waals surface area contributed by atoms with Crippen molar-refractivity contribution in [1.82, 2.24) is 15.0 Å². The minimum Gasteiger partial charge on any atom is -0.505 e. The standard InChI is InChI=1S/C26H28ClN3O3S/c1-25(2,3)16-13-20(26(4,5)6)24(31)23(14-16)30-28-21-12-11-19(15-22(21)29-30)34(32,33)18-9-7-17(27)8-10-18/h7-15,31H,1-6H3. The molecule has 0 amide bonds. The fraction of sp³-hybridized carbons (Fsp3) is 0.308. The Morgan fingerprint density at radius 2 is 1.38 bits per heavy atom. The van der Waals surface area contributed by atoms with Gasteiger partial charge in [0.1, 0.15) is 22.5 Å². The Balaban J connectivity index is 1.87. The first-order chi connectivity index (χ1) is 15.7. The Morgan fingerprint density at radius 1 is 0.794 bits per heavy atom. The number of sulfone groups is 1. The third-order valence-corrected chi connectivity index (χ3v) is 7.78. The predicted molar refractivity (Wildman–Crippen MR) is 135 cm³/mol. The van der Waals surface area contributed by atoms with Crippen LogP contribution in [0.4, 0.5) is 0 Å². The summed E-state index contributed by atoms with van der Waals surface area (Å²) in [6.45, 7) is 12.4. The summed E-state index contributed by atoms with van der Waals surface area (Å²) in [6, 6.07) is 14.6. The summed E-state index contributed by atoms with van der Waals surface area (Å²) in [5, 5.41) is 20.7. The Labute approximate surface area is 205 Å². The van der Waals surface area contributed by atoms with Gasteiger partial charge in [-0.15, -0.1) is 15.0 Å². The third kappa shape index (κ3) is 4.42. The Morgan fingerprint density at radius 3 is 1.97 bits per heavy atom. The van der Waals surface area contributed by atoms with Gasteiger partial charge in [-0.25, -0.2) is 8.42 Å². The third-order valence-electron chi connectivity index (χ3n) is 5.77. The molecule has 0 bridgehead atoms. The number of nitrogens with zero attached hydrogens (tertiary/aromatic N) is 3. The van der Waals surface area contributed by atoms with Crippen LogP contribution in [0.1, 0.15) is 52.7 Å². The molecule has 0 aliphatic rings. The van der Waals surface area contributed by atoms with E-state index in [0.717, 1.165) is 11.1 Å². The van der Waals surface area contributed by atoms with Crippen molar-refractivity contribution in [2.24, 2.45) is 0 Å². The summed E-state index contributed by atoms with van der Waals surface area (Å²) in [5.41, 5.74) is 2.76. The summed E-state index contributed by atoms with van der Waals surface area (Å²) in [5.74, 6) is 0.106. The lowest BCUT2D eigenvalue weighted by molar-refractivity contribution is 0.438. The second-order valence-electron chi connectivity index (χ2n) is 10.5. The zero-order valence-corrected chi connectivity index (χ0v) is 21.7. The van der Waals surface area contributed by atoms with Gasteiger partial charge >= 0.3 is 0 Å². The summed E-state index contributed by atoms with van der Waals surface area (Å²) in [4.78, 5) is 1.63. The maximum absolute atomic E-state index is 13.1. The normalized spacial score (nSPS) is 12.9. The van der Waals surface area contributed by atoms with Crippen molar-refractivity contribution in [3.05, 3.63) is 70.7 Å². The van der Waals surface area contributed by atoms with Crippen LogP contribution in [0.15, 0.2) is 64.4 Å². The average molecular weight is 498 g/mol. The van der Waals surface area contributed by atoms with Crippen molar-refractivity contribution in [1.29, 1.82) is 0 Å². The number of halogens is 1. The van der Waals surface area contributed by atoms with Gasteiger partial charge in [-0.3, -0.25) is 0 Å². The molecule has 178 valence electrons. The molecule has 0 saturated heterocycles. The van der Waals surface area contributed by atoms with Crippen molar-refractivity contribution >= 4 is 32.5 Å². The van der Waals surface area contributed by atoms with E-state index in [9.17, 15) is 13.5 Å². The van der Waals surface area contributed by atoms with Crippen LogP contribution in [0.3, 0.4) is 0 Å². The van der Waals surface area contributed by atoms with E-state index in [1.165, 1.54) is 29.1 Å². The maximum atomic E-state index is 13.1. The van der Waals surface area contributed by atoms with Gasteiger partial charge in [0.2, 0.25) is 9.84 Å². The van der Waals surface area contributed by atoms with Crippen LogP contribution in [0.25, 0.3) is 16.7 Å². The zero-order valence-electron chi connectivity index (χ0n) is 20.1. The second kappa shape index (κ2) is 8.10. The van der Waals surface area contributed by atoms with Gasteiger partial charge in [0.25, 0.3) is 0 Å². The molecular weight excluding hydrogens is 470 g/mol. The van der Waals surface area contributed by atoms with E-state index in [0.29, 0.717) is 21.7 Å². The lowest BCUT2D eigenvalue weighted by Gasteiger charge is -2.27. The van der Waals surface area contributed by atoms with Gasteiger partial charge in [-0.2, -0.15) is 0 Å². The number of fused-ring (bicyclic) bond motifs is 1. The van der Waals surface area contributed by atoms with E-state index < -0.39 is 9.84 Å². The van der Waals surface area contributed by atoms with E-state index in [-0.39, 0.29) is 26.4 Å². The first-order valence-corrected chi connectivity index (χ1v) is 12.8. The van der Waals surface area contributed by atoms with Crippen LogP contribution < -0.4 is 0 Å². The molecule has 0 spiro atoms. The van der Waals surface area contributed by atoms with Crippen LogP contribution in [0, 0.1) is 0 Å². The number of phenols is 1. The van der Waals surface area contributed by atoms with E-state index in [2.05, 4.69) is 31.0 Å². The summed E-state index contributed by atoms with van der Waals surface area (Å²) >= 11 is 5.90. The molecule has 0 atom stereocenters. The molecule has 34 heavy (non-hydrogen) atoms. The Hall–Kier alpha value is -2.90. The fourth-order valence-electron chi connectivity index (χ4n) is 3.70. The molecule has 0 saturated carbocycles. The minimum absolute atomic E-state index is 0.106. The van der Waals surface area contributed by atoms with Gasteiger partial charge in [0.05, 0.1) is 9.79 Å². The second-order valence-corrected chi connectivity index (χ2v) is 12.9. The lowest BCUT2D eigenvalue weighted by Crippen LogP contribution is -2.18. The van der Waals surface area contributed by atoms with Gasteiger partial charge in [-0.05, 0) is 64.9 Å². The maximum Gasteiger partial charge on any atom is 0.206 e. The van der Waals surface area contributed by atoms with Crippen LogP contribution in [0.2, 0.25) is 5.02 Å². The number of aromatic nitrogens is 3. The van der Waals surface area contributed by atoms with Crippen molar-refractivity contribution < 1.29 is 13.5 Å². The van der Waals surface area contributed by atoms with Crippen LogP contribution in [-0.4, -0.2) is 28.5 Å². The van der Waals surface area contributed by atoms with Crippen LogP contribution in [0.5, 0.6) is 5.75 Å². The molecule has 3 aromatic carbocycles. The van der Waals surface area contributed by atoms with E-state index in [1.807, 2.05) is 32.9 Å². The molecular formula is C26H28ClN3O3S. The molecule has 1 heterocycles. The largest absolute Gasteiger partial charge is 0.505 e. The molecule has 0 aliphatic carbocycles. The number of aromatic hydroxyl groups is 1. The van der Waals surface area contributed by atoms with Crippen LogP contribution in [-0.2, 0) is 20.7 Å². The fourth-order valence-corrected chi connectivity index (χ4v) is 5.10. The SMILES string of the molecule is CC(C)(C)c1cc(-n2nc3ccc(S(=O)(=O)c4ccc(Cl)cc4)cc3n2)c(O)c(C(C)(C)C)c1. The molecule has 1 N–H and O–H groups in total. The minimum atomic E-state index is -3.75. The highest BCUT2D eigenvalue weighted by Gasteiger charge is 2.27. The zero-order chi connectivity index (χ0) is 25.1. The van der Waals surface area contributed by atoms with Gasteiger partial charge in [-0.1, -0.05) is 59.2 Å². The topological polar surface area (TPSA) is 85.1 Å². The van der Waals surface area contributed by atoms with Crippen molar-refractivity contribution in [3.63, 3.8) is 0 Å². The molecule has 0 fully saturated rings. The quantitative estimate of drug-likeness (QED) is 0.364. The highest BCUT2D eigenvalue weighted by Crippen LogP contribution is 2.39. The highest BCUT2D eigenvalue weighted by atomic mass is 35.5. The first-order valence-electron chi connectivity index (χ1n) is 10.9. The smallest absolute Gasteiger partial charge is 0.206 e. The molecule has 8 heteroatoms. The van der Waals surface area contributed by atoms with Gasteiger partial charge < -0.3 is 5.11 Å². The molecule has 4 aromatic rings. The lowest BCUT2D eigenvalue weighted by atomic mass is 9.80. The first kappa shape index (κ1) is 24.2. The molecule has 0 aliphatic heterocycles. The number of phenolic OH excluding ortho intramolecular Hbond substituents is 1. The number of benzene rings is 3. The predicted octanol–water partition coefficient (Wildman–Crippen LogP) is 6.21. The van der Waals surface area contributed by atoms with Gasteiger partial charge in [0.15, 0.2) is 0 Å². The molecule has 0 unspecified atom stereocenters. The number of hydrogen-bond acceptors (Lipinski definition) is 5. The molecule has 0 radical (unpaired) electrons. The van der Waals surface area contributed by atoms with Crippen LogP contribution >= 0.6 is 11.6 Å².